The van der Waals surface area contributed by atoms with Crippen LogP contribution in [-0.4, -0.2) is 9.97 Å². The summed E-state index contributed by atoms with van der Waals surface area (Å²) < 4.78 is 13.5. The summed E-state index contributed by atoms with van der Waals surface area (Å²) in [6.45, 7) is 4.05. The number of nitrogens with one attached hydrogen (secondary N) is 1. The lowest BCUT2D eigenvalue weighted by Gasteiger charge is -1.99. The van der Waals surface area contributed by atoms with E-state index in [2.05, 4.69) is 16.0 Å². The molecule has 0 atom stereocenters. The van der Waals surface area contributed by atoms with Gasteiger partial charge < -0.3 is 10.7 Å². The Labute approximate surface area is 110 Å². The highest BCUT2D eigenvalue weighted by molar-refractivity contribution is 5.83. The molecule has 3 aromatic rings. The van der Waals surface area contributed by atoms with Gasteiger partial charge in [-0.2, -0.15) is 0 Å². The summed E-state index contributed by atoms with van der Waals surface area (Å²) in [5.74, 6) is 0.230. The summed E-state index contributed by atoms with van der Waals surface area (Å²) in [6, 6.07) is 8.83. The van der Waals surface area contributed by atoms with Crippen molar-refractivity contribution >= 4 is 16.7 Å². The average molecular weight is 255 g/mol. The van der Waals surface area contributed by atoms with E-state index < -0.39 is 5.82 Å². The van der Waals surface area contributed by atoms with Crippen molar-refractivity contribution in [1.29, 1.82) is 0 Å². The van der Waals surface area contributed by atoms with E-state index in [1.807, 2.05) is 19.9 Å². The molecule has 3 rings (SSSR count). The number of rotatable bonds is 1. The molecule has 3 N–H and O–H groups in total. The van der Waals surface area contributed by atoms with E-state index in [9.17, 15) is 4.39 Å². The first-order valence-electron chi connectivity index (χ1n) is 6.07. The molecule has 0 fully saturated rings. The highest BCUT2D eigenvalue weighted by atomic mass is 19.1. The van der Waals surface area contributed by atoms with Crippen molar-refractivity contribution in [3.8, 4) is 11.4 Å². The summed E-state index contributed by atoms with van der Waals surface area (Å²) in [5.41, 5.74) is 10.5. The van der Waals surface area contributed by atoms with Crippen molar-refractivity contribution < 1.29 is 4.39 Å². The Hall–Kier alpha value is -2.36. The second-order valence-corrected chi connectivity index (χ2v) is 4.80. The van der Waals surface area contributed by atoms with Crippen LogP contribution in [-0.2, 0) is 0 Å². The highest BCUT2D eigenvalue weighted by Crippen LogP contribution is 2.25. The van der Waals surface area contributed by atoms with Gasteiger partial charge in [-0.05, 0) is 49.2 Å². The molecule has 19 heavy (non-hydrogen) atoms. The monoisotopic (exact) mass is 255 g/mol. The van der Waals surface area contributed by atoms with Crippen LogP contribution >= 0.6 is 0 Å². The molecular formula is C15H14FN3. The number of nitrogens with two attached hydrogens (primary N) is 1. The van der Waals surface area contributed by atoms with Gasteiger partial charge in [0.25, 0.3) is 0 Å². The molecule has 4 heteroatoms. The summed E-state index contributed by atoms with van der Waals surface area (Å²) in [6.07, 6.45) is 0. The molecule has 0 aliphatic rings. The maximum atomic E-state index is 13.5. The Morgan fingerprint density at radius 3 is 2.68 bits per heavy atom. The predicted molar refractivity (Wildman–Crippen MR) is 75.4 cm³/mol. The van der Waals surface area contributed by atoms with Crippen molar-refractivity contribution in [2.75, 3.05) is 5.73 Å². The van der Waals surface area contributed by atoms with Gasteiger partial charge in [0.05, 0.1) is 16.7 Å². The van der Waals surface area contributed by atoms with Crippen LogP contribution in [0.25, 0.3) is 22.4 Å². The van der Waals surface area contributed by atoms with E-state index in [4.69, 9.17) is 5.73 Å². The van der Waals surface area contributed by atoms with Gasteiger partial charge in [0.15, 0.2) is 0 Å². The molecule has 0 aliphatic carbocycles. The smallest absolute Gasteiger partial charge is 0.146 e. The standard InChI is InChI=1S/C15H14FN3/c1-8-5-9(2)14-13(6-8)18-15(19-14)10-3-4-12(17)11(16)7-10/h3-7H,17H2,1-2H3,(H,18,19). The van der Waals surface area contributed by atoms with E-state index in [-0.39, 0.29) is 5.69 Å². The summed E-state index contributed by atoms with van der Waals surface area (Å²) >= 11 is 0. The second-order valence-electron chi connectivity index (χ2n) is 4.80. The van der Waals surface area contributed by atoms with Gasteiger partial charge in [0.2, 0.25) is 0 Å². The molecule has 1 heterocycles. The molecule has 96 valence electrons. The maximum Gasteiger partial charge on any atom is 0.146 e. The Morgan fingerprint density at radius 1 is 1.16 bits per heavy atom. The van der Waals surface area contributed by atoms with Crippen LogP contribution in [0.1, 0.15) is 11.1 Å². The third-order valence-corrected chi connectivity index (χ3v) is 3.20. The number of benzene rings is 2. The van der Waals surface area contributed by atoms with Crippen LogP contribution in [0, 0.1) is 19.7 Å². The van der Waals surface area contributed by atoms with Crippen LogP contribution in [0.2, 0.25) is 0 Å². The van der Waals surface area contributed by atoms with Gasteiger partial charge in [-0.1, -0.05) is 6.07 Å². The maximum absolute atomic E-state index is 13.5. The molecular weight excluding hydrogens is 241 g/mol. The summed E-state index contributed by atoms with van der Waals surface area (Å²) in [7, 11) is 0. The number of nitrogens with zero attached hydrogens (tertiary/aromatic N) is 1. The third kappa shape index (κ3) is 1.95. The lowest BCUT2D eigenvalue weighted by atomic mass is 10.1. The van der Waals surface area contributed by atoms with E-state index in [0.29, 0.717) is 11.4 Å². The van der Waals surface area contributed by atoms with E-state index in [0.717, 1.165) is 16.6 Å². The Morgan fingerprint density at radius 2 is 1.95 bits per heavy atom. The molecule has 3 nitrogen and oxygen atoms in total. The molecule has 0 amide bonds. The minimum absolute atomic E-state index is 0.145. The number of fused-ring (bicyclic) bond motifs is 1. The Kier molecular flexibility index (Phi) is 2.52. The molecule has 1 aromatic heterocycles. The first-order valence-corrected chi connectivity index (χ1v) is 6.07. The number of aromatic nitrogens is 2. The van der Waals surface area contributed by atoms with Crippen molar-refractivity contribution in [2.45, 2.75) is 13.8 Å². The largest absolute Gasteiger partial charge is 0.396 e. The number of H-pyrrole nitrogens is 1. The van der Waals surface area contributed by atoms with Gasteiger partial charge in [-0.15, -0.1) is 0 Å². The number of hydrogen-bond acceptors (Lipinski definition) is 2. The van der Waals surface area contributed by atoms with Crippen molar-refractivity contribution in [3.05, 3.63) is 47.3 Å². The lowest BCUT2D eigenvalue weighted by molar-refractivity contribution is 0.633. The number of nitrogen functional groups attached to an aromatic ring is 1. The fourth-order valence-corrected chi connectivity index (χ4v) is 2.28. The number of hydrogen-bond donors (Lipinski definition) is 2. The SMILES string of the molecule is Cc1cc(C)c2nc(-c3ccc(N)c(F)c3)[nH]c2c1. The Balaban J connectivity index is 2.20. The molecule has 0 saturated heterocycles. The summed E-state index contributed by atoms with van der Waals surface area (Å²) in [5, 5.41) is 0. The Bertz CT molecular complexity index is 774. The average Bonchev–Trinajstić information content (AvgIpc) is 2.76. The highest BCUT2D eigenvalue weighted by Gasteiger charge is 2.09. The molecule has 2 aromatic carbocycles. The molecule has 0 radical (unpaired) electrons. The fourth-order valence-electron chi connectivity index (χ4n) is 2.28. The normalized spacial score (nSPS) is 11.1. The molecule has 0 saturated carbocycles. The second kappa shape index (κ2) is 4.09. The number of anilines is 1. The fraction of sp³-hybridized carbons (Fsp3) is 0.133. The summed E-state index contributed by atoms with van der Waals surface area (Å²) in [4.78, 5) is 7.75. The van der Waals surface area contributed by atoms with Crippen LogP contribution in [0.15, 0.2) is 30.3 Å². The zero-order chi connectivity index (χ0) is 13.6. The zero-order valence-corrected chi connectivity index (χ0v) is 10.8. The quantitative estimate of drug-likeness (QED) is 0.653. The predicted octanol–water partition coefficient (Wildman–Crippen LogP) is 3.57. The molecule has 0 aliphatic heterocycles. The third-order valence-electron chi connectivity index (χ3n) is 3.20. The zero-order valence-electron chi connectivity index (χ0n) is 10.8. The molecule has 0 unspecified atom stereocenters. The molecule has 0 spiro atoms. The van der Waals surface area contributed by atoms with Crippen LogP contribution < -0.4 is 5.73 Å². The van der Waals surface area contributed by atoms with Crippen LogP contribution in [0.4, 0.5) is 10.1 Å². The van der Waals surface area contributed by atoms with Crippen LogP contribution in [0.5, 0.6) is 0 Å². The van der Waals surface area contributed by atoms with Crippen molar-refractivity contribution in [1.82, 2.24) is 9.97 Å². The number of halogens is 1. The van der Waals surface area contributed by atoms with Gasteiger partial charge >= 0.3 is 0 Å². The van der Waals surface area contributed by atoms with Gasteiger partial charge in [-0.3, -0.25) is 0 Å². The van der Waals surface area contributed by atoms with Gasteiger partial charge in [-0.25, -0.2) is 9.37 Å². The number of imidazole rings is 1. The van der Waals surface area contributed by atoms with E-state index >= 15 is 0 Å². The minimum Gasteiger partial charge on any atom is -0.396 e. The first-order chi connectivity index (χ1) is 9.04. The van der Waals surface area contributed by atoms with Crippen molar-refractivity contribution in [3.63, 3.8) is 0 Å². The van der Waals surface area contributed by atoms with Crippen LogP contribution in [0.3, 0.4) is 0 Å². The lowest BCUT2D eigenvalue weighted by Crippen LogP contribution is -1.91. The number of aromatic amines is 1. The van der Waals surface area contributed by atoms with E-state index in [1.165, 1.54) is 11.6 Å². The van der Waals surface area contributed by atoms with E-state index in [1.54, 1.807) is 12.1 Å². The topological polar surface area (TPSA) is 54.7 Å². The number of aryl methyl sites for hydroxylation is 2. The van der Waals surface area contributed by atoms with Gasteiger partial charge in [0, 0.05) is 5.56 Å². The van der Waals surface area contributed by atoms with Gasteiger partial charge in [0.1, 0.15) is 11.6 Å². The first kappa shape index (κ1) is 11.7. The molecule has 0 bridgehead atoms. The minimum atomic E-state index is -0.425. The van der Waals surface area contributed by atoms with Crippen molar-refractivity contribution in [2.24, 2.45) is 0 Å².